The van der Waals surface area contributed by atoms with Gasteiger partial charge in [0.15, 0.2) is 0 Å². The number of hydrogen-bond donors (Lipinski definition) is 2. The minimum Gasteiger partial charge on any atom is -0.466 e. The van der Waals surface area contributed by atoms with Gasteiger partial charge < -0.3 is 20.1 Å². The van der Waals surface area contributed by atoms with Gasteiger partial charge in [0, 0.05) is 12.2 Å². The Morgan fingerprint density at radius 1 is 1.00 bits per heavy atom. The van der Waals surface area contributed by atoms with E-state index in [4.69, 9.17) is 9.47 Å². The van der Waals surface area contributed by atoms with Crippen LogP contribution in [0.3, 0.4) is 0 Å². The number of ether oxygens (including phenoxy) is 2. The monoisotopic (exact) mass is 382 g/mol. The summed E-state index contributed by atoms with van der Waals surface area (Å²) in [5.41, 5.74) is 3.76. The van der Waals surface area contributed by atoms with E-state index < -0.39 is 18.1 Å². The summed E-state index contributed by atoms with van der Waals surface area (Å²) in [5.74, 6) is -0.527. The molecule has 6 nitrogen and oxygen atoms in total. The molecule has 0 aliphatic rings. The highest BCUT2D eigenvalue weighted by atomic mass is 16.5. The smallest absolute Gasteiger partial charge is 0.407 e. The van der Waals surface area contributed by atoms with Crippen molar-refractivity contribution in [1.29, 1.82) is 0 Å². The van der Waals surface area contributed by atoms with Crippen molar-refractivity contribution >= 4 is 12.1 Å². The molecule has 0 saturated heterocycles. The van der Waals surface area contributed by atoms with Crippen molar-refractivity contribution in [2.24, 2.45) is 0 Å². The van der Waals surface area contributed by atoms with Crippen molar-refractivity contribution in [3.8, 4) is 0 Å². The number of aryl methyl sites for hydroxylation is 1. The fraction of sp³-hybridized carbons (Fsp3) is 0.273. The third-order valence-electron chi connectivity index (χ3n) is 4.32. The minimum absolute atomic E-state index is 0.314. The third-order valence-corrected chi connectivity index (χ3v) is 4.32. The lowest BCUT2D eigenvalue weighted by Gasteiger charge is -2.23. The number of benzene rings is 2. The number of amides is 1. The van der Waals surface area contributed by atoms with Crippen molar-refractivity contribution < 1.29 is 19.1 Å². The minimum atomic E-state index is -0.719. The first-order valence-electron chi connectivity index (χ1n) is 8.94. The van der Waals surface area contributed by atoms with Gasteiger partial charge in [0.05, 0.1) is 25.8 Å². The molecule has 0 saturated carbocycles. The van der Waals surface area contributed by atoms with Gasteiger partial charge in [0.1, 0.15) is 0 Å². The second-order valence-electron chi connectivity index (χ2n) is 6.35. The van der Waals surface area contributed by atoms with E-state index in [1.54, 1.807) is 6.92 Å². The van der Waals surface area contributed by atoms with Crippen molar-refractivity contribution in [2.75, 3.05) is 14.2 Å². The highest BCUT2D eigenvalue weighted by Gasteiger charge is 2.28. The molecule has 6 heteroatoms. The molecule has 2 rings (SSSR count). The molecular weight excluding hydrogens is 356 g/mol. The number of nitrogens with one attached hydrogen (secondary N) is 2. The number of rotatable bonds is 7. The summed E-state index contributed by atoms with van der Waals surface area (Å²) in [6.07, 6.45) is -0.635. The molecule has 28 heavy (non-hydrogen) atoms. The Morgan fingerprint density at radius 2 is 1.71 bits per heavy atom. The number of carbonyl (C=O) groups is 2. The Balaban J connectivity index is 2.43. The predicted molar refractivity (Wildman–Crippen MR) is 107 cm³/mol. The number of carbonyl (C=O) groups excluding carboxylic acids is 2. The summed E-state index contributed by atoms with van der Waals surface area (Å²) in [6.45, 7) is 4.27. The molecule has 0 aliphatic carbocycles. The second-order valence-corrected chi connectivity index (χ2v) is 6.35. The quantitative estimate of drug-likeness (QED) is 0.565. The van der Waals surface area contributed by atoms with Gasteiger partial charge in [-0.25, -0.2) is 9.59 Å². The summed E-state index contributed by atoms with van der Waals surface area (Å²) in [7, 11) is 2.60. The highest BCUT2D eigenvalue weighted by Crippen LogP contribution is 2.26. The molecule has 0 aliphatic heterocycles. The van der Waals surface area contributed by atoms with Crippen LogP contribution < -0.4 is 10.6 Å². The third kappa shape index (κ3) is 5.61. The molecule has 2 aromatic rings. The molecule has 0 bridgehead atoms. The maximum absolute atomic E-state index is 12.6. The van der Waals surface area contributed by atoms with Crippen molar-refractivity contribution in [2.45, 2.75) is 26.4 Å². The molecule has 0 aromatic heterocycles. The van der Waals surface area contributed by atoms with Gasteiger partial charge >= 0.3 is 12.1 Å². The molecule has 1 atom stereocenters. The van der Waals surface area contributed by atoms with Crippen LogP contribution in [0.25, 0.3) is 0 Å². The van der Waals surface area contributed by atoms with Crippen LogP contribution in [0.5, 0.6) is 0 Å². The highest BCUT2D eigenvalue weighted by molar-refractivity contribution is 5.91. The second kappa shape index (κ2) is 10.2. The largest absolute Gasteiger partial charge is 0.466 e. The summed E-state index contributed by atoms with van der Waals surface area (Å²) < 4.78 is 9.76. The van der Waals surface area contributed by atoms with Crippen LogP contribution in [0.1, 0.15) is 29.7 Å². The van der Waals surface area contributed by atoms with E-state index in [0.717, 1.165) is 16.7 Å². The van der Waals surface area contributed by atoms with Crippen molar-refractivity contribution in [1.82, 2.24) is 10.6 Å². The van der Waals surface area contributed by atoms with E-state index >= 15 is 0 Å². The Morgan fingerprint density at radius 3 is 2.32 bits per heavy atom. The first kappa shape index (κ1) is 21.0. The van der Waals surface area contributed by atoms with E-state index in [1.807, 2.05) is 61.5 Å². The van der Waals surface area contributed by atoms with Crippen LogP contribution in [0.4, 0.5) is 4.79 Å². The van der Waals surface area contributed by atoms with E-state index in [1.165, 1.54) is 14.2 Å². The molecule has 2 N–H and O–H groups in total. The normalized spacial score (nSPS) is 12.4. The Hall–Kier alpha value is -3.28. The molecule has 0 radical (unpaired) electrons. The number of alkyl carbamates (subject to hydrolysis) is 1. The van der Waals surface area contributed by atoms with Crippen LogP contribution in [-0.2, 0) is 20.8 Å². The van der Waals surface area contributed by atoms with Gasteiger partial charge in [0.25, 0.3) is 0 Å². The molecule has 148 valence electrons. The molecule has 0 unspecified atom stereocenters. The average Bonchev–Trinajstić information content (AvgIpc) is 2.72. The van der Waals surface area contributed by atoms with Gasteiger partial charge in [-0.2, -0.15) is 0 Å². The topological polar surface area (TPSA) is 76.7 Å². The fourth-order valence-electron chi connectivity index (χ4n) is 2.87. The first-order valence-corrected chi connectivity index (χ1v) is 8.94. The molecule has 0 fully saturated rings. The maximum atomic E-state index is 12.6. The number of allylic oxidation sites excluding steroid dienone is 1. The van der Waals surface area contributed by atoms with Crippen LogP contribution >= 0.6 is 0 Å². The molecule has 1 amide bonds. The lowest BCUT2D eigenvalue weighted by atomic mass is 9.95. The molecule has 2 aromatic carbocycles. The zero-order chi connectivity index (χ0) is 20.5. The Kier molecular flexibility index (Phi) is 7.63. The summed E-state index contributed by atoms with van der Waals surface area (Å²) in [5, 5.41) is 6.00. The van der Waals surface area contributed by atoms with E-state index in [2.05, 4.69) is 10.6 Å². The van der Waals surface area contributed by atoms with Crippen molar-refractivity contribution in [3.63, 3.8) is 0 Å². The molecule has 0 spiro atoms. The van der Waals surface area contributed by atoms with Crippen LogP contribution in [0.2, 0.25) is 0 Å². The van der Waals surface area contributed by atoms with E-state index in [0.29, 0.717) is 17.8 Å². The maximum Gasteiger partial charge on any atom is 0.407 e. The lowest BCUT2D eigenvalue weighted by Crippen LogP contribution is -2.34. The van der Waals surface area contributed by atoms with Gasteiger partial charge in [-0.3, -0.25) is 0 Å². The summed E-state index contributed by atoms with van der Waals surface area (Å²) >= 11 is 0. The Bertz CT molecular complexity index is 847. The van der Waals surface area contributed by atoms with E-state index in [-0.39, 0.29) is 0 Å². The average molecular weight is 382 g/mol. The number of esters is 1. The SMILES string of the molecule is COC(=O)N[C@H](C(C(=O)OC)=C(C)NCc1ccccc1)c1cccc(C)c1. The van der Waals surface area contributed by atoms with Crippen molar-refractivity contribution in [3.05, 3.63) is 82.6 Å². The standard InChI is InChI=1S/C22H26N2O4/c1-15-9-8-12-18(13-15)20(24-22(26)28-4)19(21(25)27-3)16(2)23-14-17-10-6-5-7-11-17/h5-13,20,23H,14H2,1-4H3,(H,24,26)/t20-/m0/s1. The van der Waals surface area contributed by atoms with Crippen LogP contribution in [0, 0.1) is 6.92 Å². The summed E-state index contributed by atoms with van der Waals surface area (Å²) in [4.78, 5) is 24.6. The van der Waals surface area contributed by atoms with Crippen LogP contribution in [0.15, 0.2) is 65.9 Å². The Labute approximate surface area is 165 Å². The lowest BCUT2D eigenvalue weighted by molar-refractivity contribution is -0.136. The van der Waals surface area contributed by atoms with E-state index in [9.17, 15) is 9.59 Å². The number of methoxy groups -OCH3 is 2. The number of hydrogen-bond acceptors (Lipinski definition) is 5. The zero-order valence-electron chi connectivity index (χ0n) is 16.6. The predicted octanol–water partition coefficient (Wildman–Crippen LogP) is 3.63. The van der Waals surface area contributed by atoms with Gasteiger partial charge in [0.2, 0.25) is 0 Å². The van der Waals surface area contributed by atoms with Gasteiger partial charge in [-0.1, -0.05) is 60.2 Å². The van der Waals surface area contributed by atoms with Gasteiger partial charge in [-0.05, 0) is 25.0 Å². The summed E-state index contributed by atoms with van der Waals surface area (Å²) in [6, 6.07) is 16.7. The van der Waals surface area contributed by atoms with Gasteiger partial charge in [-0.15, -0.1) is 0 Å². The zero-order valence-corrected chi connectivity index (χ0v) is 16.6. The fourth-order valence-corrected chi connectivity index (χ4v) is 2.87. The molecule has 0 heterocycles. The molecular formula is C22H26N2O4. The van der Waals surface area contributed by atoms with Crippen LogP contribution in [-0.4, -0.2) is 26.3 Å². The first-order chi connectivity index (χ1) is 13.5.